The Labute approximate surface area is 240 Å². The molecule has 12 heteroatoms. The normalized spacial score (nSPS) is 20.8. The fourth-order valence-electron chi connectivity index (χ4n) is 5.80. The SMILES string of the molecule is Cc1nc2cc(C(F)(F)F)c([C@H](C)Nc3ccc(C(=O)N4C[C@@H](C)O[C@@H](C)C4)cc3)cc2c(=O)n1[C@@H](C(=O)O)C1CC1. The highest BCUT2D eigenvalue weighted by Gasteiger charge is 2.40. The van der Waals surface area contributed by atoms with Gasteiger partial charge in [0, 0.05) is 30.4 Å². The molecule has 0 radical (unpaired) electrons. The lowest BCUT2D eigenvalue weighted by Crippen LogP contribution is -2.48. The molecule has 224 valence electrons. The van der Waals surface area contributed by atoms with Crippen LogP contribution in [-0.2, 0) is 15.7 Å². The molecule has 0 spiro atoms. The highest BCUT2D eigenvalue weighted by Crippen LogP contribution is 2.41. The number of nitrogens with one attached hydrogen (secondary N) is 1. The van der Waals surface area contributed by atoms with Gasteiger partial charge in [-0.05, 0) is 88.4 Å². The van der Waals surface area contributed by atoms with Crippen LogP contribution in [0, 0.1) is 12.8 Å². The fourth-order valence-corrected chi connectivity index (χ4v) is 5.80. The van der Waals surface area contributed by atoms with Crippen LogP contribution in [0.4, 0.5) is 18.9 Å². The third-order valence-corrected chi connectivity index (χ3v) is 7.84. The second kappa shape index (κ2) is 11.0. The summed E-state index contributed by atoms with van der Waals surface area (Å²) in [5.74, 6) is -1.51. The van der Waals surface area contributed by atoms with E-state index in [2.05, 4.69) is 10.3 Å². The number of nitrogens with zero attached hydrogens (tertiary/aromatic N) is 3. The van der Waals surface area contributed by atoms with E-state index in [4.69, 9.17) is 4.74 Å². The first-order valence-corrected chi connectivity index (χ1v) is 13.9. The topological polar surface area (TPSA) is 114 Å². The van der Waals surface area contributed by atoms with Crippen LogP contribution in [0.1, 0.15) is 73.0 Å². The van der Waals surface area contributed by atoms with Gasteiger partial charge in [-0.25, -0.2) is 9.78 Å². The van der Waals surface area contributed by atoms with Gasteiger partial charge in [-0.3, -0.25) is 14.2 Å². The van der Waals surface area contributed by atoms with Crippen LogP contribution in [0.3, 0.4) is 0 Å². The van der Waals surface area contributed by atoms with Crippen molar-refractivity contribution >= 4 is 28.5 Å². The highest BCUT2D eigenvalue weighted by molar-refractivity contribution is 5.94. The maximum atomic E-state index is 14.2. The molecule has 42 heavy (non-hydrogen) atoms. The second-order valence-electron chi connectivity index (χ2n) is 11.3. The molecule has 2 fully saturated rings. The summed E-state index contributed by atoms with van der Waals surface area (Å²) in [5, 5.41) is 12.7. The molecule has 3 aromatic rings. The molecular weight excluding hydrogens is 553 g/mol. The summed E-state index contributed by atoms with van der Waals surface area (Å²) >= 11 is 0. The Morgan fingerprint density at radius 2 is 1.71 bits per heavy atom. The van der Waals surface area contributed by atoms with Gasteiger partial charge in [0.05, 0.1) is 28.7 Å². The molecule has 0 unspecified atom stereocenters. The summed E-state index contributed by atoms with van der Waals surface area (Å²) in [6.07, 6.45) is -3.61. The number of morpholine rings is 1. The number of aryl methyl sites for hydroxylation is 1. The predicted octanol–water partition coefficient (Wildman–Crippen LogP) is 5.18. The van der Waals surface area contributed by atoms with Crippen molar-refractivity contribution in [2.45, 2.75) is 71.0 Å². The molecule has 2 N–H and O–H groups in total. The molecule has 2 aromatic carbocycles. The Bertz CT molecular complexity index is 1570. The average molecular weight is 587 g/mol. The van der Waals surface area contributed by atoms with Crippen molar-refractivity contribution in [1.29, 1.82) is 0 Å². The van der Waals surface area contributed by atoms with E-state index in [0.717, 1.165) is 16.7 Å². The maximum Gasteiger partial charge on any atom is 0.416 e. The van der Waals surface area contributed by atoms with Gasteiger partial charge < -0.3 is 20.1 Å². The van der Waals surface area contributed by atoms with Gasteiger partial charge in [-0.2, -0.15) is 13.2 Å². The lowest BCUT2D eigenvalue weighted by atomic mass is 9.97. The zero-order chi connectivity index (χ0) is 30.5. The van der Waals surface area contributed by atoms with Crippen LogP contribution in [0.5, 0.6) is 0 Å². The number of carboxylic acids is 1. The van der Waals surface area contributed by atoms with Gasteiger partial charge in [-0.15, -0.1) is 0 Å². The van der Waals surface area contributed by atoms with Gasteiger partial charge in [0.15, 0.2) is 0 Å². The Kier molecular flexibility index (Phi) is 7.78. The van der Waals surface area contributed by atoms with E-state index in [9.17, 15) is 32.7 Å². The van der Waals surface area contributed by atoms with E-state index in [1.54, 1.807) is 29.2 Å². The zero-order valence-corrected chi connectivity index (χ0v) is 23.7. The monoisotopic (exact) mass is 586 g/mol. The lowest BCUT2D eigenvalue weighted by molar-refractivity contribution is -0.141. The molecular formula is C30H33F3N4O5. The summed E-state index contributed by atoms with van der Waals surface area (Å²) in [7, 11) is 0. The second-order valence-corrected chi connectivity index (χ2v) is 11.3. The number of hydrogen-bond acceptors (Lipinski definition) is 6. The molecule has 1 saturated heterocycles. The van der Waals surface area contributed by atoms with Crippen LogP contribution < -0.4 is 10.9 Å². The van der Waals surface area contributed by atoms with Crippen LogP contribution in [-0.4, -0.2) is 56.7 Å². The van der Waals surface area contributed by atoms with E-state index >= 15 is 0 Å². The maximum absolute atomic E-state index is 14.2. The largest absolute Gasteiger partial charge is 0.480 e. The highest BCUT2D eigenvalue weighted by atomic mass is 19.4. The number of halogens is 3. The minimum atomic E-state index is -4.73. The first-order valence-electron chi connectivity index (χ1n) is 13.9. The third-order valence-electron chi connectivity index (χ3n) is 7.84. The Morgan fingerprint density at radius 1 is 1.10 bits per heavy atom. The van der Waals surface area contributed by atoms with Crippen molar-refractivity contribution in [3.63, 3.8) is 0 Å². The summed E-state index contributed by atoms with van der Waals surface area (Å²) in [5.41, 5.74) is -1.03. The van der Waals surface area contributed by atoms with E-state index in [1.165, 1.54) is 13.8 Å². The Balaban J connectivity index is 1.46. The number of aliphatic carboxylic acids is 1. The number of aromatic nitrogens is 2. The van der Waals surface area contributed by atoms with Crippen molar-refractivity contribution in [3.05, 3.63) is 69.3 Å². The minimum absolute atomic E-state index is 0.0504. The molecule has 1 saturated carbocycles. The molecule has 4 atom stereocenters. The van der Waals surface area contributed by atoms with Gasteiger partial charge >= 0.3 is 12.1 Å². The number of ether oxygens (including phenoxy) is 1. The molecule has 2 heterocycles. The number of alkyl halides is 3. The zero-order valence-electron chi connectivity index (χ0n) is 23.7. The number of benzene rings is 2. The van der Waals surface area contributed by atoms with Crippen molar-refractivity contribution in [2.75, 3.05) is 18.4 Å². The summed E-state index contributed by atoms with van der Waals surface area (Å²) in [6, 6.07) is 6.45. The summed E-state index contributed by atoms with van der Waals surface area (Å²) in [6.45, 7) is 7.70. The third kappa shape index (κ3) is 5.85. The molecule has 9 nitrogen and oxygen atoms in total. The van der Waals surface area contributed by atoms with E-state index in [1.807, 2.05) is 13.8 Å². The van der Waals surface area contributed by atoms with Crippen LogP contribution in [0.15, 0.2) is 41.2 Å². The van der Waals surface area contributed by atoms with Crippen molar-refractivity contribution in [1.82, 2.24) is 14.5 Å². The molecule has 1 aromatic heterocycles. The first-order chi connectivity index (χ1) is 19.7. The van der Waals surface area contributed by atoms with Crippen molar-refractivity contribution in [3.8, 4) is 0 Å². The smallest absolute Gasteiger partial charge is 0.416 e. The molecule has 2 aliphatic rings. The Morgan fingerprint density at radius 3 is 2.26 bits per heavy atom. The van der Waals surface area contributed by atoms with E-state index in [0.29, 0.717) is 37.2 Å². The molecule has 1 aliphatic heterocycles. The van der Waals surface area contributed by atoms with Crippen LogP contribution >= 0.6 is 0 Å². The van der Waals surface area contributed by atoms with Gasteiger partial charge in [-0.1, -0.05) is 0 Å². The minimum Gasteiger partial charge on any atom is -0.480 e. The average Bonchev–Trinajstić information content (AvgIpc) is 3.74. The number of anilines is 1. The van der Waals surface area contributed by atoms with Crippen LogP contribution in [0.25, 0.3) is 10.9 Å². The van der Waals surface area contributed by atoms with E-state index < -0.39 is 35.4 Å². The number of carbonyl (C=O) groups is 2. The quantitative estimate of drug-likeness (QED) is 0.392. The number of carboxylic acid groups (broad SMARTS) is 1. The summed E-state index contributed by atoms with van der Waals surface area (Å²) in [4.78, 5) is 44.4. The number of rotatable bonds is 7. The first kappa shape index (κ1) is 29.6. The predicted molar refractivity (Wildman–Crippen MR) is 150 cm³/mol. The van der Waals surface area contributed by atoms with Gasteiger partial charge in [0.2, 0.25) is 0 Å². The Hall–Kier alpha value is -3.93. The van der Waals surface area contributed by atoms with Crippen molar-refractivity contribution in [2.24, 2.45) is 5.92 Å². The molecule has 5 rings (SSSR count). The summed E-state index contributed by atoms with van der Waals surface area (Å²) < 4.78 is 49.4. The number of hydrogen-bond donors (Lipinski definition) is 2. The van der Waals surface area contributed by atoms with Gasteiger partial charge in [0.1, 0.15) is 11.9 Å². The molecule has 1 amide bonds. The number of carbonyl (C=O) groups excluding carboxylic acids is 1. The molecule has 1 aliphatic carbocycles. The standard InChI is InChI=1S/C30H33F3N4O5/c1-15-13-36(14-16(2)42-15)27(38)20-7-9-21(10-8-20)34-17(3)22-11-23-25(12-24(22)30(31,32)33)35-18(4)37(28(23)39)26(29(40)41)19-5-6-19/h7-12,15-17,19,26,34H,5-6,13-14H2,1-4H3,(H,40,41)/t15-,16+,17-,26+/m0/s1. The number of amides is 1. The fraction of sp³-hybridized carbons (Fsp3) is 0.467. The van der Waals surface area contributed by atoms with E-state index in [-0.39, 0.29) is 46.3 Å². The van der Waals surface area contributed by atoms with Crippen LogP contribution in [0.2, 0.25) is 0 Å². The lowest BCUT2D eigenvalue weighted by Gasteiger charge is -2.35. The number of fused-ring (bicyclic) bond motifs is 1. The van der Waals surface area contributed by atoms with Crippen molar-refractivity contribution < 1.29 is 32.6 Å². The molecule has 0 bridgehead atoms. The van der Waals surface area contributed by atoms with Gasteiger partial charge in [0.25, 0.3) is 11.5 Å².